The summed E-state index contributed by atoms with van der Waals surface area (Å²) in [6.45, 7) is 0.729. The van der Waals surface area contributed by atoms with Crippen LogP contribution in [0.15, 0.2) is 29.7 Å². The van der Waals surface area contributed by atoms with Crippen molar-refractivity contribution in [1.29, 1.82) is 0 Å². The predicted octanol–water partition coefficient (Wildman–Crippen LogP) is 2.38. The first-order chi connectivity index (χ1) is 11.0. The van der Waals surface area contributed by atoms with E-state index >= 15 is 0 Å². The number of halogens is 2. The molecule has 1 aliphatic heterocycles. The summed E-state index contributed by atoms with van der Waals surface area (Å²) in [4.78, 5) is 18.3. The minimum Gasteiger partial charge on any atom is -0.337 e. The number of hydrogen-bond donors (Lipinski definition) is 0. The van der Waals surface area contributed by atoms with E-state index in [1.807, 2.05) is 0 Å². The van der Waals surface area contributed by atoms with E-state index in [-0.39, 0.29) is 17.7 Å². The van der Waals surface area contributed by atoms with Crippen LogP contribution in [0.25, 0.3) is 0 Å². The molecule has 8 heteroatoms. The molecule has 0 spiro atoms. The fourth-order valence-electron chi connectivity index (χ4n) is 2.55. The first-order valence-corrected chi connectivity index (χ1v) is 8.16. The van der Waals surface area contributed by atoms with Gasteiger partial charge >= 0.3 is 0 Å². The number of benzene rings is 1. The first kappa shape index (κ1) is 15.9. The summed E-state index contributed by atoms with van der Waals surface area (Å²) < 4.78 is 28.4. The van der Waals surface area contributed by atoms with Crippen LogP contribution in [-0.2, 0) is 18.4 Å². The monoisotopic (exact) mass is 338 g/mol. The number of nitrogens with zero attached hydrogens (tertiary/aromatic N) is 4. The number of aryl methyl sites for hydroxylation is 1. The van der Waals surface area contributed by atoms with E-state index in [1.54, 1.807) is 16.6 Å². The zero-order valence-corrected chi connectivity index (χ0v) is 13.4. The highest BCUT2D eigenvalue weighted by molar-refractivity contribution is 8.00. The van der Waals surface area contributed by atoms with Gasteiger partial charge in [-0.1, -0.05) is 17.8 Å². The summed E-state index contributed by atoms with van der Waals surface area (Å²) in [5.74, 6) is -1.29. The van der Waals surface area contributed by atoms with Gasteiger partial charge in [-0.15, -0.1) is 0 Å². The summed E-state index contributed by atoms with van der Waals surface area (Å²) in [5, 5.41) is 4.41. The molecule has 5 nitrogen and oxygen atoms in total. The van der Waals surface area contributed by atoms with Crippen molar-refractivity contribution in [3.63, 3.8) is 0 Å². The maximum absolute atomic E-state index is 13.8. The van der Waals surface area contributed by atoms with E-state index in [4.69, 9.17) is 0 Å². The van der Waals surface area contributed by atoms with Crippen molar-refractivity contribution in [2.45, 2.75) is 29.8 Å². The Morgan fingerprint density at radius 1 is 1.39 bits per heavy atom. The van der Waals surface area contributed by atoms with Gasteiger partial charge in [0.25, 0.3) is 0 Å². The van der Waals surface area contributed by atoms with E-state index in [0.717, 1.165) is 18.9 Å². The number of piperidine rings is 1. The molecule has 3 rings (SSSR count). The summed E-state index contributed by atoms with van der Waals surface area (Å²) in [7, 11) is 1.77. The molecular weight excluding hydrogens is 322 g/mol. The fraction of sp³-hybridized carbons (Fsp3) is 0.400. The van der Waals surface area contributed by atoms with Crippen molar-refractivity contribution in [1.82, 2.24) is 19.7 Å². The summed E-state index contributed by atoms with van der Waals surface area (Å²) in [6, 6.07) is 3.44. The van der Waals surface area contributed by atoms with Crippen molar-refractivity contribution in [3.05, 3.63) is 41.7 Å². The molecule has 1 fully saturated rings. The van der Waals surface area contributed by atoms with Gasteiger partial charge in [-0.3, -0.25) is 4.79 Å². The SMILES string of the molecule is Cn1ncnc1S[C@@H]1CCCN(Cc2ccc(F)cc2F)C1=O. The van der Waals surface area contributed by atoms with Crippen LogP contribution in [0, 0.1) is 11.6 Å². The van der Waals surface area contributed by atoms with Gasteiger partial charge in [0, 0.05) is 31.8 Å². The topological polar surface area (TPSA) is 51.0 Å². The van der Waals surface area contributed by atoms with Crippen LogP contribution in [-0.4, -0.2) is 37.4 Å². The smallest absolute Gasteiger partial charge is 0.236 e. The molecule has 0 aliphatic carbocycles. The molecule has 1 aromatic carbocycles. The first-order valence-electron chi connectivity index (χ1n) is 7.28. The third-order valence-electron chi connectivity index (χ3n) is 3.78. The highest BCUT2D eigenvalue weighted by Crippen LogP contribution is 2.29. The third kappa shape index (κ3) is 3.52. The van der Waals surface area contributed by atoms with Crippen LogP contribution in [0.1, 0.15) is 18.4 Å². The molecule has 2 heterocycles. The normalized spacial score (nSPS) is 18.5. The Balaban J connectivity index is 1.71. The zero-order valence-electron chi connectivity index (χ0n) is 12.6. The molecule has 0 bridgehead atoms. The van der Waals surface area contributed by atoms with Crippen LogP contribution < -0.4 is 0 Å². The van der Waals surface area contributed by atoms with Crippen LogP contribution in [0.4, 0.5) is 8.78 Å². The van der Waals surface area contributed by atoms with Gasteiger partial charge in [-0.25, -0.2) is 18.4 Å². The summed E-state index contributed by atoms with van der Waals surface area (Å²) >= 11 is 1.37. The molecule has 1 aliphatic rings. The van der Waals surface area contributed by atoms with Gasteiger partial charge in [-0.05, 0) is 18.9 Å². The second-order valence-corrected chi connectivity index (χ2v) is 6.58. The Hall–Kier alpha value is -1.96. The molecule has 0 N–H and O–H groups in total. The molecule has 1 atom stereocenters. The quantitative estimate of drug-likeness (QED) is 0.859. The largest absolute Gasteiger partial charge is 0.337 e. The standard InChI is InChI=1S/C15H16F2N4OS/c1-20-15(18-9-19-20)23-13-3-2-6-21(14(13)22)8-10-4-5-11(16)7-12(10)17/h4-5,7,9,13H,2-3,6,8H2,1H3/t13-/m1/s1. The van der Waals surface area contributed by atoms with Crippen LogP contribution in [0.5, 0.6) is 0 Å². The lowest BCUT2D eigenvalue weighted by molar-refractivity contribution is -0.133. The number of amides is 1. The van der Waals surface area contributed by atoms with E-state index in [2.05, 4.69) is 10.1 Å². The molecular formula is C15H16F2N4OS. The number of thioether (sulfide) groups is 1. The Morgan fingerprint density at radius 3 is 2.91 bits per heavy atom. The Bertz CT molecular complexity index is 721. The van der Waals surface area contributed by atoms with Gasteiger partial charge in [0.2, 0.25) is 5.91 Å². The third-order valence-corrected chi connectivity index (χ3v) is 5.08. The predicted molar refractivity (Wildman–Crippen MR) is 81.7 cm³/mol. The van der Waals surface area contributed by atoms with Crippen molar-refractivity contribution in [3.8, 4) is 0 Å². The number of rotatable bonds is 4. The van der Waals surface area contributed by atoms with Crippen LogP contribution in [0.2, 0.25) is 0 Å². The van der Waals surface area contributed by atoms with Gasteiger partial charge < -0.3 is 4.90 Å². The molecule has 23 heavy (non-hydrogen) atoms. The lowest BCUT2D eigenvalue weighted by Crippen LogP contribution is -2.42. The van der Waals surface area contributed by atoms with E-state index in [1.165, 1.54) is 30.2 Å². The van der Waals surface area contributed by atoms with Crippen molar-refractivity contribution >= 4 is 17.7 Å². The minimum absolute atomic E-state index is 0.0482. The zero-order chi connectivity index (χ0) is 16.4. The summed E-state index contributed by atoms with van der Waals surface area (Å²) in [5.41, 5.74) is 0.323. The van der Waals surface area contributed by atoms with Gasteiger partial charge in [0.05, 0.1) is 5.25 Å². The van der Waals surface area contributed by atoms with Crippen molar-refractivity contribution < 1.29 is 13.6 Å². The molecule has 1 saturated heterocycles. The maximum atomic E-state index is 13.8. The van der Waals surface area contributed by atoms with Crippen LogP contribution >= 0.6 is 11.8 Å². The average molecular weight is 338 g/mol. The molecule has 0 radical (unpaired) electrons. The number of carbonyl (C=O) groups is 1. The Labute approximate surface area is 136 Å². The highest BCUT2D eigenvalue weighted by Gasteiger charge is 2.31. The van der Waals surface area contributed by atoms with Gasteiger partial charge in [0.1, 0.15) is 18.0 Å². The molecule has 0 unspecified atom stereocenters. The maximum Gasteiger partial charge on any atom is 0.236 e. The van der Waals surface area contributed by atoms with Crippen molar-refractivity contribution in [2.24, 2.45) is 7.05 Å². The average Bonchev–Trinajstić information content (AvgIpc) is 2.91. The van der Waals surface area contributed by atoms with E-state index in [0.29, 0.717) is 17.3 Å². The second-order valence-electron chi connectivity index (χ2n) is 5.41. The number of aromatic nitrogens is 3. The number of carbonyl (C=O) groups excluding carboxylic acids is 1. The molecule has 0 saturated carbocycles. The lowest BCUT2D eigenvalue weighted by atomic mass is 10.1. The van der Waals surface area contributed by atoms with Gasteiger partial charge in [-0.2, -0.15) is 5.10 Å². The highest BCUT2D eigenvalue weighted by atomic mass is 32.2. The van der Waals surface area contributed by atoms with Crippen molar-refractivity contribution in [2.75, 3.05) is 6.54 Å². The molecule has 122 valence electrons. The fourth-order valence-corrected chi connectivity index (χ4v) is 3.64. The Kier molecular flexibility index (Phi) is 4.61. The molecule has 1 amide bonds. The second kappa shape index (κ2) is 6.66. The lowest BCUT2D eigenvalue weighted by Gasteiger charge is -2.31. The minimum atomic E-state index is -0.624. The van der Waals surface area contributed by atoms with E-state index in [9.17, 15) is 13.6 Å². The number of likely N-dealkylation sites (tertiary alicyclic amines) is 1. The molecule has 1 aromatic heterocycles. The number of hydrogen-bond acceptors (Lipinski definition) is 4. The van der Waals surface area contributed by atoms with Crippen LogP contribution in [0.3, 0.4) is 0 Å². The van der Waals surface area contributed by atoms with Gasteiger partial charge in [0.15, 0.2) is 5.16 Å². The summed E-state index contributed by atoms with van der Waals surface area (Å²) in [6.07, 6.45) is 3.03. The Morgan fingerprint density at radius 2 is 2.22 bits per heavy atom. The van der Waals surface area contributed by atoms with E-state index < -0.39 is 11.6 Å². The molecule has 2 aromatic rings.